The van der Waals surface area contributed by atoms with Crippen LogP contribution >= 0.6 is 11.6 Å². The quantitative estimate of drug-likeness (QED) is 0.618. The third kappa shape index (κ3) is 5.90. The summed E-state index contributed by atoms with van der Waals surface area (Å²) in [5.41, 5.74) is 3.26. The number of amides is 1. The van der Waals surface area contributed by atoms with Crippen molar-refractivity contribution in [2.75, 3.05) is 13.2 Å². The first-order chi connectivity index (χ1) is 13.7. The van der Waals surface area contributed by atoms with Crippen LogP contribution in [0.15, 0.2) is 78.9 Å². The Balaban J connectivity index is 1.41. The van der Waals surface area contributed by atoms with E-state index in [0.29, 0.717) is 17.2 Å². The molecule has 28 heavy (non-hydrogen) atoms. The maximum absolute atomic E-state index is 12.0. The van der Waals surface area contributed by atoms with Gasteiger partial charge in [0, 0.05) is 0 Å². The standard InChI is InChI=1S/C24H20ClNO2/c25-22-10-4-5-11-23(22)28-17-7-6-16-26-24(27)18-19-12-14-21(15-13-19)20-8-2-1-3-9-20/h1-5,8-15H,16-18H2,(H,26,27). The highest BCUT2D eigenvalue weighted by atomic mass is 35.5. The van der Waals surface area contributed by atoms with Crippen molar-refractivity contribution in [1.29, 1.82) is 0 Å². The van der Waals surface area contributed by atoms with Crippen LogP contribution in [-0.2, 0) is 11.2 Å². The van der Waals surface area contributed by atoms with Gasteiger partial charge in [0.05, 0.1) is 18.0 Å². The van der Waals surface area contributed by atoms with E-state index in [1.807, 2.05) is 54.6 Å². The Hall–Kier alpha value is -3.22. The SMILES string of the molecule is O=C(Cc1ccc(-c2ccccc2)cc1)NCC#CCOc1ccccc1Cl. The largest absolute Gasteiger partial charge is 0.479 e. The van der Waals surface area contributed by atoms with E-state index in [9.17, 15) is 4.79 Å². The smallest absolute Gasteiger partial charge is 0.225 e. The van der Waals surface area contributed by atoms with E-state index in [4.69, 9.17) is 16.3 Å². The fourth-order valence-electron chi connectivity index (χ4n) is 2.63. The van der Waals surface area contributed by atoms with Crippen LogP contribution < -0.4 is 10.1 Å². The first-order valence-corrected chi connectivity index (χ1v) is 9.34. The number of rotatable bonds is 6. The van der Waals surface area contributed by atoms with Gasteiger partial charge in [0.25, 0.3) is 0 Å². The number of nitrogens with one attached hydrogen (secondary N) is 1. The fourth-order valence-corrected chi connectivity index (χ4v) is 2.82. The Bertz CT molecular complexity index is 973. The Morgan fingerprint density at radius 3 is 2.29 bits per heavy atom. The fraction of sp³-hybridized carbons (Fsp3) is 0.125. The minimum Gasteiger partial charge on any atom is -0.479 e. The van der Waals surface area contributed by atoms with Gasteiger partial charge in [-0.25, -0.2) is 0 Å². The van der Waals surface area contributed by atoms with Crippen molar-refractivity contribution in [3.8, 4) is 28.7 Å². The average Bonchev–Trinajstić information content (AvgIpc) is 2.73. The molecule has 0 heterocycles. The van der Waals surface area contributed by atoms with E-state index in [2.05, 4.69) is 29.3 Å². The predicted octanol–water partition coefficient (Wildman–Crippen LogP) is 4.75. The molecule has 3 aromatic rings. The molecule has 4 heteroatoms. The summed E-state index contributed by atoms with van der Waals surface area (Å²) in [6.45, 7) is 0.507. The van der Waals surface area contributed by atoms with Crippen molar-refractivity contribution in [3.05, 3.63) is 89.4 Å². The van der Waals surface area contributed by atoms with Crippen LogP contribution in [0.25, 0.3) is 11.1 Å². The van der Waals surface area contributed by atoms with Crippen LogP contribution in [0.3, 0.4) is 0 Å². The number of hydrogen-bond acceptors (Lipinski definition) is 2. The summed E-state index contributed by atoms with van der Waals surface area (Å²) in [4.78, 5) is 12.0. The molecule has 0 aromatic heterocycles. The molecule has 0 bridgehead atoms. The molecule has 0 aliphatic heterocycles. The zero-order chi connectivity index (χ0) is 19.6. The lowest BCUT2D eigenvalue weighted by Gasteiger charge is -2.05. The second-order valence-corrected chi connectivity index (χ2v) is 6.50. The van der Waals surface area contributed by atoms with Crippen molar-refractivity contribution in [1.82, 2.24) is 5.32 Å². The van der Waals surface area contributed by atoms with Gasteiger partial charge in [-0.1, -0.05) is 90.2 Å². The Morgan fingerprint density at radius 2 is 1.54 bits per heavy atom. The minimum atomic E-state index is -0.0613. The van der Waals surface area contributed by atoms with Crippen LogP contribution in [0.4, 0.5) is 0 Å². The summed E-state index contributed by atoms with van der Waals surface area (Å²) >= 11 is 6.00. The lowest BCUT2D eigenvalue weighted by Crippen LogP contribution is -2.25. The van der Waals surface area contributed by atoms with Crippen molar-refractivity contribution in [2.24, 2.45) is 0 Å². The van der Waals surface area contributed by atoms with E-state index in [-0.39, 0.29) is 19.1 Å². The van der Waals surface area contributed by atoms with Gasteiger partial charge in [-0.05, 0) is 28.8 Å². The van der Waals surface area contributed by atoms with E-state index < -0.39 is 0 Å². The summed E-state index contributed by atoms with van der Waals surface area (Å²) in [5.74, 6) is 6.27. The molecule has 0 unspecified atom stereocenters. The number of halogens is 1. The predicted molar refractivity (Wildman–Crippen MR) is 113 cm³/mol. The molecule has 140 valence electrons. The molecule has 0 spiro atoms. The van der Waals surface area contributed by atoms with E-state index >= 15 is 0 Å². The Kier molecular flexibility index (Phi) is 7.12. The lowest BCUT2D eigenvalue weighted by atomic mass is 10.0. The zero-order valence-electron chi connectivity index (χ0n) is 15.3. The second-order valence-electron chi connectivity index (χ2n) is 6.09. The molecule has 1 amide bonds. The summed E-state index contributed by atoms with van der Waals surface area (Å²) in [5, 5.41) is 3.35. The van der Waals surface area contributed by atoms with Crippen molar-refractivity contribution in [2.45, 2.75) is 6.42 Å². The summed E-state index contributed by atoms with van der Waals surface area (Å²) in [6.07, 6.45) is 0.326. The molecule has 3 aromatic carbocycles. The summed E-state index contributed by atoms with van der Waals surface area (Å²) in [7, 11) is 0. The normalized spacial score (nSPS) is 9.89. The number of ether oxygens (including phenoxy) is 1. The van der Waals surface area contributed by atoms with Crippen LogP contribution in [0.1, 0.15) is 5.56 Å². The molecule has 0 aliphatic carbocycles. The molecular weight excluding hydrogens is 370 g/mol. The molecule has 0 fully saturated rings. The van der Waals surface area contributed by atoms with Crippen molar-refractivity contribution in [3.63, 3.8) is 0 Å². The molecule has 0 aliphatic rings. The third-order valence-electron chi connectivity index (χ3n) is 4.06. The molecule has 0 atom stereocenters. The van der Waals surface area contributed by atoms with Crippen molar-refractivity contribution < 1.29 is 9.53 Å². The maximum atomic E-state index is 12.0. The highest BCUT2D eigenvalue weighted by Gasteiger charge is 2.03. The first kappa shape index (κ1) is 19.5. The van der Waals surface area contributed by atoms with Gasteiger partial charge in [0.1, 0.15) is 12.4 Å². The van der Waals surface area contributed by atoms with Gasteiger partial charge in [-0.15, -0.1) is 0 Å². The van der Waals surface area contributed by atoms with Gasteiger partial charge < -0.3 is 10.1 Å². The van der Waals surface area contributed by atoms with Crippen LogP contribution in [0.2, 0.25) is 5.02 Å². The second kappa shape index (κ2) is 10.2. The monoisotopic (exact) mass is 389 g/mol. The first-order valence-electron chi connectivity index (χ1n) is 8.96. The molecule has 3 rings (SSSR count). The van der Waals surface area contributed by atoms with E-state index in [1.54, 1.807) is 12.1 Å². The van der Waals surface area contributed by atoms with Gasteiger partial charge in [-0.2, -0.15) is 0 Å². The van der Waals surface area contributed by atoms with E-state index in [0.717, 1.165) is 16.7 Å². The Labute approximate surface area is 170 Å². The van der Waals surface area contributed by atoms with Gasteiger partial charge in [0.2, 0.25) is 5.91 Å². The maximum Gasteiger partial charge on any atom is 0.225 e. The highest BCUT2D eigenvalue weighted by molar-refractivity contribution is 6.32. The Morgan fingerprint density at radius 1 is 0.857 bits per heavy atom. The number of carbonyl (C=O) groups excluding carboxylic acids is 1. The van der Waals surface area contributed by atoms with Crippen LogP contribution in [-0.4, -0.2) is 19.1 Å². The number of benzene rings is 3. The molecular formula is C24H20ClNO2. The number of carbonyl (C=O) groups is 1. The zero-order valence-corrected chi connectivity index (χ0v) is 16.1. The van der Waals surface area contributed by atoms with E-state index in [1.165, 1.54) is 0 Å². The van der Waals surface area contributed by atoms with Crippen LogP contribution in [0.5, 0.6) is 5.75 Å². The van der Waals surface area contributed by atoms with Crippen LogP contribution in [0, 0.1) is 11.8 Å². The molecule has 0 saturated carbocycles. The summed E-state index contributed by atoms with van der Waals surface area (Å²) in [6, 6.07) is 25.4. The number of para-hydroxylation sites is 1. The van der Waals surface area contributed by atoms with Crippen molar-refractivity contribution >= 4 is 17.5 Å². The molecule has 1 N–H and O–H groups in total. The van der Waals surface area contributed by atoms with Gasteiger partial charge >= 0.3 is 0 Å². The topological polar surface area (TPSA) is 38.3 Å². The molecule has 0 saturated heterocycles. The average molecular weight is 390 g/mol. The minimum absolute atomic E-state index is 0.0613. The number of hydrogen-bond donors (Lipinski definition) is 1. The third-order valence-corrected chi connectivity index (χ3v) is 4.37. The van der Waals surface area contributed by atoms with Gasteiger partial charge in [-0.3, -0.25) is 4.79 Å². The molecule has 3 nitrogen and oxygen atoms in total. The highest BCUT2D eigenvalue weighted by Crippen LogP contribution is 2.22. The lowest BCUT2D eigenvalue weighted by molar-refractivity contribution is -0.120. The molecule has 0 radical (unpaired) electrons. The summed E-state index contributed by atoms with van der Waals surface area (Å²) < 4.78 is 5.47. The van der Waals surface area contributed by atoms with Gasteiger partial charge in [0.15, 0.2) is 0 Å².